The molecule has 0 saturated heterocycles. The molecule has 0 amide bonds. The van der Waals surface area contributed by atoms with Gasteiger partial charge in [-0.15, -0.1) is 0 Å². The van der Waals surface area contributed by atoms with Gasteiger partial charge in [0.1, 0.15) is 0 Å². The van der Waals surface area contributed by atoms with Crippen LogP contribution in [-0.2, 0) is 0 Å². The van der Waals surface area contributed by atoms with Gasteiger partial charge in [-0.2, -0.15) is 0 Å². The zero-order chi connectivity index (χ0) is 10.6. The zero-order valence-corrected chi connectivity index (χ0v) is 12.4. The standard InChI is InChI=1S/C12H26Si/c1-8(2)11(9(3)4)7-12(13)10(5)6/h7-10,12H,1-6,13H3. The lowest BCUT2D eigenvalue weighted by molar-refractivity contribution is 0.598. The maximum absolute atomic E-state index is 2.53. The van der Waals surface area contributed by atoms with Crippen LogP contribution in [0.5, 0.6) is 0 Å². The predicted octanol–water partition coefficient (Wildman–Crippen LogP) is 3.03. The Balaban J connectivity index is 4.53. The van der Waals surface area contributed by atoms with Crippen molar-refractivity contribution >= 4 is 10.2 Å². The Morgan fingerprint density at radius 3 is 1.54 bits per heavy atom. The molecule has 1 atom stereocenters. The SMILES string of the molecule is CC(C)C(=CC([SiH3])C(C)C)C(C)C. The van der Waals surface area contributed by atoms with Crippen molar-refractivity contribution in [2.24, 2.45) is 17.8 Å². The smallest absolute Gasteiger partial charge is 0.0118 e. The number of hydrogen-bond acceptors (Lipinski definition) is 0. The summed E-state index contributed by atoms with van der Waals surface area (Å²) >= 11 is 0. The minimum atomic E-state index is 0.718. The molecule has 0 fully saturated rings. The number of allylic oxidation sites excluding steroid dienone is 2. The van der Waals surface area contributed by atoms with Crippen LogP contribution in [0.25, 0.3) is 0 Å². The van der Waals surface area contributed by atoms with Crippen LogP contribution in [0.1, 0.15) is 41.5 Å². The number of hydrogen-bond donors (Lipinski definition) is 0. The van der Waals surface area contributed by atoms with Gasteiger partial charge in [-0.05, 0) is 23.3 Å². The van der Waals surface area contributed by atoms with Crippen molar-refractivity contribution in [2.45, 2.75) is 47.1 Å². The largest absolute Gasteiger partial charge is 0.0851 e. The van der Waals surface area contributed by atoms with Crippen molar-refractivity contribution < 1.29 is 0 Å². The third kappa shape index (κ3) is 4.66. The Morgan fingerprint density at radius 2 is 1.31 bits per heavy atom. The molecule has 0 radical (unpaired) electrons. The summed E-state index contributed by atoms with van der Waals surface area (Å²) in [6.45, 7) is 13.9. The Bertz CT molecular complexity index is 156. The Kier molecular flexibility index (Phi) is 5.62. The highest BCUT2D eigenvalue weighted by molar-refractivity contribution is 6.13. The first-order valence-corrected chi connectivity index (χ1v) is 6.73. The molecular weight excluding hydrogens is 172 g/mol. The van der Waals surface area contributed by atoms with E-state index in [2.05, 4.69) is 47.6 Å². The summed E-state index contributed by atoms with van der Waals surface area (Å²) in [6, 6.07) is 0. The first-order chi connectivity index (χ1) is 5.86. The Hall–Kier alpha value is -0.0431. The fourth-order valence-electron chi connectivity index (χ4n) is 1.55. The maximum Gasteiger partial charge on any atom is 0.0118 e. The van der Waals surface area contributed by atoms with E-state index >= 15 is 0 Å². The van der Waals surface area contributed by atoms with E-state index in [-0.39, 0.29) is 0 Å². The monoisotopic (exact) mass is 198 g/mol. The highest BCUT2D eigenvalue weighted by Crippen LogP contribution is 2.25. The lowest BCUT2D eigenvalue weighted by Crippen LogP contribution is -2.06. The van der Waals surface area contributed by atoms with E-state index in [9.17, 15) is 0 Å². The van der Waals surface area contributed by atoms with Crippen molar-refractivity contribution in [1.82, 2.24) is 0 Å². The molecule has 0 N–H and O–H groups in total. The Labute approximate surface area is 87.2 Å². The van der Waals surface area contributed by atoms with Gasteiger partial charge in [0.2, 0.25) is 0 Å². The molecule has 0 bridgehead atoms. The lowest BCUT2D eigenvalue weighted by atomic mass is 9.90. The molecular formula is C12H26Si. The quantitative estimate of drug-likeness (QED) is 0.481. The van der Waals surface area contributed by atoms with E-state index in [0.717, 1.165) is 23.3 Å². The summed E-state index contributed by atoms with van der Waals surface area (Å²) in [5, 5.41) is 0. The third-order valence-corrected chi connectivity index (χ3v) is 4.51. The molecule has 1 unspecified atom stereocenters. The van der Waals surface area contributed by atoms with Crippen LogP contribution in [0, 0.1) is 17.8 Å². The van der Waals surface area contributed by atoms with Crippen LogP contribution in [0.3, 0.4) is 0 Å². The molecule has 0 aliphatic rings. The number of rotatable bonds is 4. The molecule has 0 rings (SSSR count). The molecule has 1 heteroatoms. The first kappa shape index (κ1) is 13.0. The van der Waals surface area contributed by atoms with Crippen LogP contribution in [-0.4, -0.2) is 10.2 Å². The van der Waals surface area contributed by atoms with Gasteiger partial charge in [0, 0.05) is 10.2 Å². The van der Waals surface area contributed by atoms with E-state index in [4.69, 9.17) is 0 Å². The van der Waals surface area contributed by atoms with E-state index < -0.39 is 0 Å². The maximum atomic E-state index is 2.53. The lowest BCUT2D eigenvalue weighted by Gasteiger charge is -2.20. The highest BCUT2D eigenvalue weighted by atomic mass is 28.1. The molecule has 0 saturated carbocycles. The molecule has 0 heterocycles. The minimum Gasteiger partial charge on any atom is -0.0851 e. The summed E-state index contributed by atoms with van der Waals surface area (Å²) in [5.74, 6) is 2.25. The predicted molar refractivity (Wildman–Crippen MR) is 66.3 cm³/mol. The summed E-state index contributed by atoms with van der Waals surface area (Å²) in [6.07, 6.45) is 2.53. The van der Waals surface area contributed by atoms with Crippen LogP contribution < -0.4 is 0 Å². The topological polar surface area (TPSA) is 0 Å². The van der Waals surface area contributed by atoms with Gasteiger partial charge in [-0.3, -0.25) is 0 Å². The van der Waals surface area contributed by atoms with E-state index in [1.807, 2.05) is 0 Å². The van der Waals surface area contributed by atoms with Crippen LogP contribution in [0.15, 0.2) is 11.6 Å². The van der Waals surface area contributed by atoms with E-state index in [0.29, 0.717) is 0 Å². The second-order valence-electron chi connectivity index (χ2n) is 5.08. The summed E-state index contributed by atoms with van der Waals surface area (Å²) in [5.41, 5.74) is 2.49. The second kappa shape index (κ2) is 5.64. The molecule has 13 heavy (non-hydrogen) atoms. The molecule has 0 aromatic carbocycles. The molecule has 0 aromatic rings. The molecule has 78 valence electrons. The van der Waals surface area contributed by atoms with E-state index in [1.54, 1.807) is 5.57 Å². The molecule has 0 nitrogen and oxygen atoms in total. The van der Waals surface area contributed by atoms with Crippen molar-refractivity contribution in [1.29, 1.82) is 0 Å². The van der Waals surface area contributed by atoms with Gasteiger partial charge < -0.3 is 0 Å². The van der Waals surface area contributed by atoms with Crippen LogP contribution in [0.4, 0.5) is 0 Å². The third-order valence-electron chi connectivity index (χ3n) is 2.84. The van der Waals surface area contributed by atoms with Crippen LogP contribution >= 0.6 is 0 Å². The van der Waals surface area contributed by atoms with Crippen molar-refractivity contribution in [3.63, 3.8) is 0 Å². The average molecular weight is 198 g/mol. The molecule has 0 aliphatic carbocycles. The minimum absolute atomic E-state index is 0.718. The fourth-order valence-corrected chi connectivity index (χ4v) is 1.93. The molecule has 0 aliphatic heterocycles. The zero-order valence-electron chi connectivity index (χ0n) is 10.4. The van der Waals surface area contributed by atoms with Gasteiger partial charge >= 0.3 is 0 Å². The average Bonchev–Trinajstić information content (AvgIpc) is 1.97. The normalized spacial score (nSPS) is 14.2. The van der Waals surface area contributed by atoms with Crippen molar-refractivity contribution in [3.8, 4) is 0 Å². The first-order valence-electron chi connectivity index (χ1n) is 5.57. The summed E-state index contributed by atoms with van der Waals surface area (Å²) in [4.78, 5) is 0. The van der Waals surface area contributed by atoms with Crippen molar-refractivity contribution in [3.05, 3.63) is 11.6 Å². The van der Waals surface area contributed by atoms with Gasteiger partial charge in [0.15, 0.2) is 0 Å². The van der Waals surface area contributed by atoms with Crippen LogP contribution in [0.2, 0.25) is 5.54 Å². The summed E-state index contributed by atoms with van der Waals surface area (Å²) < 4.78 is 0. The Morgan fingerprint density at radius 1 is 0.923 bits per heavy atom. The second-order valence-corrected chi connectivity index (χ2v) is 6.41. The highest BCUT2D eigenvalue weighted by Gasteiger charge is 2.11. The summed E-state index contributed by atoms with van der Waals surface area (Å²) in [7, 11) is 1.29. The molecule has 0 spiro atoms. The fraction of sp³-hybridized carbons (Fsp3) is 0.833. The van der Waals surface area contributed by atoms with Gasteiger partial charge in [0.05, 0.1) is 0 Å². The van der Waals surface area contributed by atoms with Gasteiger partial charge in [-0.25, -0.2) is 0 Å². The van der Waals surface area contributed by atoms with E-state index in [1.165, 1.54) is 10.2 Å². The molecule has 0 aromatic heterocycles. The van der Waals surface area contributed by atoms with Gasteiger partial charge in [0.25, 0.3) is 0 Å². The van der Waals surface area contributed by atoms with Crippen molar-refractivity contribution in [2.75, 3.05) is 0 Å². The van der Waals surface area contributed by atoms with Gasteiger partial charge in [-0.1, -0.05) is 53.2 Å².